The molecular weight excluding hydrogens is 324 g/mol. The lowest BCUT2D eigenvalue weighted by Gasteiger charge is -2.24. The number of carbonyl (C=O) groups is 4. The van der Waals surface area contributed by atoms with Crippen molar-refractivity contribution in [1.82, 2.24) is 10.2 Å². The fourth-order valence-electron chi connectivity index (χ4n) is 2.86. The Kier molecular flexibility index (Phi) is 6.24. The first-order valence-electron chi connectivity index (χ1n) is 8.25. The van der Waals surface area contributed by atoms with Crippen LogP contribution >= 0.6 is 0 Å². The lowest BCUT2D eigenvalue weighted by molar-refractivity contribution is -0.128. The van der Waals surface area contributed by atoms with Crippen LogP contribution in [-0.2, 0) is 9.59 Å². The Morgan fingerprint density at radius 1 is 1.32 bits per heavy atom. The molecule has 1 aliphatic rings. The third-order valence-corrected chi connectivity index (χ3v) is 4.02. The van der Waals surface area contributed by atoms with Gasteiger partial charge in [-0.15, -0.1) is 0 Å². The Bertz CT molecular complexity index is 689. The SMILES string of the molecule is CCCC(C(=O)NC=O)N1C(=O)c2cccc(NCCCN)c2C1=O. The molecule has 8 nitrogen and oxygen atoms in total. The molecule has 0 bridgehead atoms. The summed E-state index contributed by atoms with van der Waals surface area (Å²) in [7, 11) is 0. The highest BCUT2D eigenvalue weighted by atomic mass is 16.2. The molecule has 2 rings (SSSR count). The third kappa shape index (κ3) is 3.69. The summed E-state index contributed by atoms with van der Waals surface area (Å²) < 4.78 is 0. The van der Waals surface area contributed by atoms with Crippen LogP contribution in [0.2, 0.25) is 0 Å². The number of rotatable bonds is 9. The Hall–Kier alpha value is -2.74. The number of hydrogen-bond acceptors (Lipinski definition) is 6. The van der Waals surface area contributed by atoms with E-state index in [0.717, 1.165) is 11.3 Å². The molecule has 134 valence electrons. The van der Waals surface area contributed by atoms with E-state index in [2.05, 4.69) is 5.32 Å². The van der Waals surface area contributed by atoms with E-state index in [1.165, 1.54) is 0 Å². The Morgan fingerprint density at radius 3 is 2.72 bits per heavy atom. The monoisotopic (exact) mass is 346 g/mol. The van der Waals surface area contributed by atoms with Gasteiger partial charge in [-0.3, -0.25) is 29.4 Å². The first-order chi connectivity index (χ1) is 12.1. The number of amides is 4. The summed E-state index contributed by atoms with van der Waals surface area (Å²) in [5, 5.41) is 5.14. The average molecular weight is 346 g/mol. The maximum Gasteiger partial charge on any atom is 0.264 e. The van der Waals surface area contributed by atoms with Crippen LogP contribution in [0.4, 0.5) is 5.69 Å². The van der Waals surface area contributed by atoms with Gasteiger partial charge in [0.2, 0.25) is 12.3 Å². The van der Waals surface area contributed by atoms with Gasteiger partial charge < -0.3 is 11.1 Å². The molecule has 0 saturated heterocycles. The molecular formula is C17H22N4O4. The average Bonchev–Trinajstić information content (AvgIpc) is 2.85. The second-order valence-corrected chi connectivity index (χ2v) is 5.71. The number of nitrogens with zero attached hydrogens (tertiary/aromatic N) is 1. The zero-order valence-electron chi connectivity index (χ0n) is 14.1. The van der Waals surface area contributed by atoms with E-state index in [1.807, 2.05) is 12.2 Å². The number of carbonyl (C=O) groups excluding carboxylic acids is 4. The maximum absolute atomic E-state index is 12.9. The molecule has 1 aliphatic heterocycles. The van der Waals surface area contributed by atoms with Gasteiger partial charge in [0.15, 0.2) is 0 Å². The number of imide groups is 2. The van der Waals surface area contributed by atoms with E-state index in [-0.39, 0.29) is 24.0 Å². The topological polar surface area (TPSA) is 122 Å². The van der Waals surface area contributed by atoms with Gasteiger partial charge in [0, 0.05) is 12.2 Å². The molecule has 0 saturated carbocycles. The molecule has 0 radical (unpaired) electrons. The van der Waals surface area contributed by atoms with Crippen LogP contribution in [0, 0.1) is 0 Å². The van der Waals surface area contributed by atoms with Gasteiger partial charge in [-0.2, -0.15) is 0 Å². The first-order valence-corrected chi connectivity index (χ1v) is 8.25. The highest BCUT2D eigenvalue weighted by Gasteiger charge is 2.43. The Labute approximate surface area is 145 Å². The predicted molar refractivity (Wildman–Crippen MR) is 92.0 cm³/mol. The quantitative estimate of drug-likeness (QED) is 0.340. The largest absolute Gasteiger partial charge is 0.384 e. The van der Waals surface area contributed by atoms with Gasteiger partial charge in [-0.05, 0) is 31.5 Å². The number of benzene rings is 1. The smallest absolute Gasteiger partial charge is 0.264 e. The molecule has 4 amide bonds. The standard InChI is InChI=1S/C17H22N4O4/c1-2-5-13(15(23)20-10-22)21-16(24)11-6-3-7-12(14(11)17(21)25)19-9-4-8-18/h3,6-7,10,13,19H,2,4-5,8-9,18H2,1H3,(H,20,22,23). The van der Waals surface area contributed by atoms with E-state index >= 15 is 0 Å². The number of fused-ring (bicyclic) bond motifs is 1. The van der Waals surface area contributed by atoms with E-state index in [9.17, 15) is 19.2 Å². The van der Waals surface area contributed by atoms with Crippen LogP contribution in [0.1, 0.15) is 46.9 Å². The molecule has 0 spiro atoms. The molecule has 0 aliphatic carbocycles. The van der Waals surface area contributed by atoms with E-state index in [4.69, 9.17) is 5.73 Å². The summed E-state index contributed by atoms with van der Waals surface area (Å²) in [6.07, 6.45) is 1.83. The lowest BCUT2D eigenvalue weighted by atomic mass is 10.1. The first kappa shape index (κ1) is 18.6. The van der Waals surface area contributed by atoms with E-state index in [0.29, 0.717) is 25.2 Å². The molecule has 1 aromatic carbocycles. The number of anilines is 1. The number of nitrogens with two attached hydrogens (primary N) is 1. The van der Waals surface area contributed by atoms with Crippen LogP contribution in [0.25, 0.3) is 0 Å². The van der Waals surface area contributed by atoms with Gasteiger partial charge in [-0.1, -0.05) is 19.4 Å². The summed E-state index contributed by atoms with van der Waals surface area (Å²) >= 11 is 0. The number of hydrogen-bond donors (Lipinski definition) is 3. The highest BCUT2D eigenvalue weighted by Crippen LogP contribution is 2.31. The molecule has 4 N–H and O–H groups in total. The number of nitrogens with one attached hydrogen (secondary N) is 2. The predicted octanol–water partition coefficient (Wildman–Crippen LogP) is 0.485. The van der Waals surface area contributed by atoms with Crippen LogP contribution < -0.4 is 16.4 Å². The normalized spacial score (nSPS) is 14.2. The van der Waals surface area contributed by atoms with Gasteiger partial charge in [0.1, 0.15) is 6.04 Å². The molecule has 1 heterocycles. The summed E-state index contributed by atoms with van der Waals surface area (Å²) in [5.74, 6) is -1.72. The fraction of sp³-hybridized carbons (Fsp3) is 0.412. The summed E-state index contributed by atoms with van der Waals surface area (Å²) in [5.41, 5.74) is 6.52. The van der Waals surface area contributed by atoms with E-state index in [1.54, 1.807) is 18.2 Å². The second kappa shape index (κ2) is 8.39. The van der Waals surface area contributed by atoms with Crippen molar-refractivity contribution in [1.29, 1.82) is 0 Å². The van der Waals surface area contributed by atoms with Crippen molar-refractivity contribution in [3.8, 4) is 0 Å². The summed E-state index contributed by atoms with van der Waals surface area (Å²) in [6.45, 7) is 2.91. The van der Waals surface area contributed by atoms with Crippen LogP contribution in [0.15, 0.2) is 18.2 Å². The minimum Gasteiger partial charge on any atom is -0.384 e. The zero-order valence-corrected chi connectivity index (χ0v) is 14.1. The molecule has 0 fully saturated rings. The van der Waals surface area contributed by atoms with Gasteiger partial charge in [0.25, 0.3) is 11.8 Å². The highest BCUT2D eigenvalue weighted by molar-refractivity contribution is 6.25. The molecule has 1 aromatic rings. The van der Waals surface area contributed by atoms with Crippen molar-refractivity contribution >= 4 is 29.8 Å². The maximum atomic E-state index is 12.9. The Balaban J connectivity index is 2.35. The van der Waals surface area contributed by atoms with Crippen molar-refractivity contribution in [3.05, 3.63) is 29.3 Å². The molecule has 1 unspecified atom stereocenters. The van der Waals surface area contributed by atoms with E-state index < -0.39 is 23.8 Å². The third-order valence-electron chi connectivity index (χ3n) is 4.02. The van der Waals surface area contributed by atoms with Crippen molar-refractivity contribution < 1.29 is 19.2 Å². The minimum absolute atomic E-state index is 0.253. The minimum atomic E-state index is -1.01. The molecule has 25 heavy (non-hydrogen) atoms. The van der Waals surface area contributed by atoms with Gasteiger partial charge in [0.05, 0.1) is 11.1 Å². The molecule has 8 heteroatoms. The summed E-state index contributed by atoms with van der Waals surface area (Å²) in [4.78, 5) is 49.2. The van der Waals surface area contributed by atoms with Crippen LogP contribution in [0.3, 0.4) is 0 Å². The molecule has 1 atom stereocenters. The summed E-state index contributed by atoms with van der Waals surface area (Å²) in [6, 6.07) is 3.94. The van der Waals surface area contributed by atoms with Crippen LogP contribution in [-0.4, -0.2) is 48.2 Å². The zero-order chi connectivity index (χ0) is 18.4. The van der Waals surface area contributed by atoms with Gasteiger partial charge in [-0.25, -0.2) is 0 Å². The van der Waals surface area contributed by atoms with Crippen molar-refractivity contribution in [2.45, 2.75) is 32.2 Å². The Morgan fingerprint density at radius 2 is 2.08 bits per heavy atom. The van der Waals surface area contributed by atoms with Crippen molar-refractivity contribution in [2.75, 3.05) is 18.4 Å². The van der Waals surface area contributed by atoms with Gasteiger partial charge >= 0.3 is 0 Å². The fourth-order valence-corrected chi connectivity index (χ4v) is 2.86. The lowest BCUT2D eigenvalue weighted by Crippen LogP contribution is -2.49. The second-order valence-electron chi connectivity index (χ2n) is 5.71. The molecule has 0 aromatic heterocycles. The van der Waals surface area contributed by atoms with Crippen molar-refractivity contribution in [2.24, 2.45) is 5.73 Å². The van der Waals surface area contributed by atoms with Crippen molar-refractivity contribution in [3.63, 3.8) is 0 Å². The van der Waals surface area contributed by atoms with Crippen LogP contribution in [0.5, 0.6) is 0 Å².